The Morgan fingerprint density at radius 3 is 2.45 bits per heavy atom. The van der Waals surface area contributed by atoms with Crippen molar-refractivity contribution in [2.45, 2.75) is 57.2 Å². The number of hydrogen-bond donors (Lipinski definition) is 1. The molecule has 2 bridgehead atoms. The quantitative estimate of drug-likeness (QED) is 0.855. The third-order valence-electron chi connectivity index (χ3n) is 5.36. The molecule has 1 aliphatic heterocycles. The van der Waals surface area contributed by atoms with E-state index in [4.69, 9.17) is 0 Å². The van der Waals surface area contributed by atoms with E-state index in [-0.39, 0.29) is 0 Å². The summed E-state index contributed by atoms with van der Waals surface area (Å²) in [6.07, 6.45) is 8.33. The van der Waals surface area contributed by atoms with Gasteiger partial charge in [-0.2, -0.15) is 0 Å². The second-order valence-corrected chi connectivity index (χ2v) is 7.06. The SMILES string of the molecule is c1cc(CN2CC3CCC2C3)ccc1CCNC1CC1. The molecule has 1 saturated heterocycles. The Labute approximate surface area is 122 Å². The van der Waals surface area contributed by atoms with Crippen LogP contribution in [-0.2, 0) is 13.0 Å². The van der Waals surface area contributed by atoms with Crippen molar-refractivity contribution in [3.8, 4) is 0 Å². The first-order valence-electron chi connectivity index (χ1n) is 8.42. The Morgan fingerprint density at radius 2 is 1.80 bits per heavy atom. The van der Waals surface area contributed by atoms with Crippen LogP contribution in [0.2, 0.25) is 0 Å². The van der Waals surface area contributed by atoms with Gasteiger partial charge in [0.05, 0.1) is 0 Å². The van der Waals surface area contributed by atoms with E-state index in [9.17, 15) is 0 Å². The Kier molecular flexibility index (Phi) is 3.53. The van der Waals surface area contributed by atoms with Gasteiger partial charge in [0, 0.05) is 25.2 Å². The minimum atomic E-state index is 0.833. The second-order valence-electron chi connectivity index (χ2n) is 7.06. The van der Waals surface area contributed by atoms with Crippen LogP contribution in [0.25, 0.3) is 0 Å². The van der Waals surface area contributed by atoms with Gasteiger partial charge in [0.15, 0.2) is 0 Å². The molecule has 1 N–H and O–H groups in total. The normalized spacial score (nSPS) is 29.2. The van der Waals surface area contributed by atoms with Gasteiger partial charge in [0.1, 0.15) is 0 Å². The van der Waals surface area contributed by atoms with Gasteiger partial charge in [0.2, 0.25) is 0 Å². The average molecular weight is 270 g/mol. The zero-order valence-electron chi connectivity index (χ0n) is 12.4. The highest BCUT2D eigenvalue weighted by molar-refractivity contribution is 5.23. The van der Waals surface area contributed by atoms with Crippen molar-refractivity contribution in [2.75, 3.05) is 13.1 Å². The monoisotopic (exact) mass is 270 g/mol. The fraction of sp³-hybridized carbons (Fsp3) is 0.667. The highest BCUT2D eigenvalue weighted by Gasteiger charge is 2.37. The minimum Gasteiger partial charge on any atom is -0.314 e. The summed E-state index contributed by atoms with van der Waals surface area (Å²) in [5.41, 5.74) is 2.97. The zero-order valence-corrected chi connectivity index (χ0v) is 12.4. The van der Waals surface area contributed by atoms with Crippen molar-refractivity contribution in [2.24, 2.45) is 5.92 Å². The first kappa shape index (κ1) is 12.8. The first-order valence-corrected chi connectivity index (χ1v) is 8.42. The van der Waals surface area contributed by atoms with Crippen LogP contribution in [0.4, 0.5) is 0 Å². The molecule has 2 unspecified atom stereocenters. The molecule has 3 fully saturated rings. The van der Waals surface area contributed by atoms with Gasteiger partial charge < -0.3 is 5.32 Å². The van der Waals surface area contributed by atoms with Crippen LogP contribution in [0.3, 0.4) is 0 Å². The van der Waals surface area contributed by atoms with Crippen molar-refractivity contribution in [1.82, 2.24) is 10.2 Å². The Bertz CT molecular complexity index is 449. The molecule has 0 amide bonds. The number of nitrogens with zero attached hydrogens (tertiary/aromatic N) is 1. The standard InChI is InChI=1S/C18H26N2/c1-3-15(12-20-13-16-5-8-18(20)11-16)4-2-14(1)9-10-19-17-6-7-17/h1-4,16-19H,5-13H2. The summed E-state index contributed by atoms with van der Waals surface area (Å²) < 4.78 is 0. The minimum absolute atomic E-state index is 0.833. The molecule has 0 radical (unpaired) electrons. The molecule has 2 saturated carbocycles. The van der Waals surface area contributed by atoms with E-state index in [1.165, 1.54) is 62.7 Å². The molecule has 2 aliphatic carbocycles. The van der Waals surface area contributed by atoms with Crippen molar-refractivity contribution in [1.29, 1.82) is 0 Å². The summed E-state index contributed by atoms with van der Waals surface area (Å²) in [6.45, 7) is 3.65. The number of hydrogen-bond acceptors (Lipinski definition) is 2. The van der Waals surface area contributed by atoms with E-state index in [1.807, 2.05) is 0 Å². The molecule has 2 atom stereocenters. The average Bonchev–Trinajstić information content (AvgIpc) is 3.06. The van der Waals surface area contributed by atoms with Crippen molar-refractivity contribution >= 4 is 0 Å². The third-order valence-corrected chi connectivity index (χ3v) is 5.36. The third kappa shape index (κ3) is 2.91. The molecular weight excluding hydrogens is 244 g/mol. The predicted molar refractivity (Wildman–Crippen MR) is 82.7 cm³/mol. The Morgan fingerprint density at radius 1 is 1.00 bits per heavy atom. The maximum absolute atomic E-state index is 3.59. The van der Waals surface area contributed by atoms with E-state index in [1.54, 1.807) is 0 Å². The molecule has 2 heteroatoms. The Balaban J connectivity index is 1.28. The molecular formula is C18H26N2. The molecule has 0 aromatic heterocycles. The molecule has 1 heterocycles. The predicted octanol–water partition coefficient (Wildman–Crippen LogP) is 2.97. The van der Waals surface area contributed by atoms with Gasteiger partial charge in [-0.05, 0) is 62.1 Å². The number of fused-ring (bicyclic) bond motifs is 2. The number of rotatable bonds is 6. The van der Waals surface area contributed by atoms with Crippen molar-refractivity contribution < 1.29 is 0 Å². The highest BCUT2D eigenvalue weighted by atomic mass is 15.2. The number of nitrogens with one attached hydrogen (secondary N) is 1. The summed E-state index contributed by atoms with van der Waals surface area (Å²) in [4.78, 5) is 2.71. The first-order chi connectivity index (χ1) is 9.87. The van der Waals surface area contributed by atoms with Crippen LogP contribution in [0, 0.1) is 5.92 Å². The number of benzene rings is 1. The molecule has 3 aliphatic rings. The van der Waals surface area contributed by atoms with E-state index in [0.29, 0.717) is 0 Å². The van der Waals surface area contributed by atoms with E-state index >= 15 is 0 Å². The molecule has 20 heavy (non-hydrogen) atoms. The summed E-state index contributed by atoms with van der Waals surface area (Å²) in [5, 5.41) is 3.59. The number of piperidine rings is 1. The van der Waals surface area contributed by atoms with Gasteiger partial charge in [-0.15, -0.1) is 0 Å². The van der Waals surface area contributed by atoms with Gasteiger partial charge in [-0.3, -0.25) is 4.90 Å². The highest BCUT2D eigenvalue weighted by Crippen LogP contribution is 2.38. The fourth-order valence-electron chi connectivity index (χ4n) is 3.97. The Hall–Kier alpha value is -0.860. The van der Waals surface area contributed by atoms with E-state index < -0.39 is 0 Å². The van der Waals surface area contributed by atoms with E-state index in [2.05, 4.69) is 34.5 Å². The van der Waals surface area contributed by atoms with Crippen molar-refractivity contribution in [3.63, 3.8) is 0 Å². The van der Waals surface area contributed by atoms with Crippen LogP contribution in [-0.4, -0.2) is 30.1 Å². The lowest BCUT2D eigenvalue weighted by atomic mass is 10.1. The summed E-state index contributed by atoms with van der Waals surface area (Å²) in [7, 11) is 0. The van der Waals surface area contributed by atoms with Gasteiger partial charge >= 0.3 is 0 Å². The van der Waals surface area contributed by atoms with Crippen LogP contribution >= 0.6 is 0 Å². The lowest BCUT2D eigenvalue weighted by molar-refractivity contribution is 0.205. The molecule has 0 spiro atoms. The maximum Gasteiger partial charge on any atom is 0.0236 e. The lowest BCUT2D eigenvalue weighted by Gasteiger charge is -2.26. The molecule has 1 aromatic carbocycles. The number of likely N-dealkylation sites (tertiary alicyclic amines) is 1. The lowest BCUT2D eigenvalue weighted by Crippen LogP contribution is -2.31. The zero-order chi connectivity index (χ0) is 13.4. The van der Waals surface area contributed by atoms with Gasteiger partial charge in [-0.25, -0.2) is 0 Å². The molecule has 2 nitrogen and oxygen atoms in total. The summed E-state index contributed by atoms with van der Waals surface area (Å²) in [6, 6.07) is 11.1. The smallest absolute Gasteiger partial charge is 0.0236 e. The van der Waals surface area contributed by atoms with Crippen LogP contribution in [0.5, 0.6) is 0 Å². The van der Waals surface area contributed by atoms with Crippen LogP contribution in [0.15, 0.2) is 24.3 Å². The topological polar surface area (TPSA) is 15.3 Å². The van der Waals surface area contributed by atoms with Gasteiger partial charge in [-0.1, -0.05) is 24.3 Å². The van der Waals surface area contributed by atoms with E-state index in [0.717, 1.165) is 24.5 Å². The maximum atomic E-state index is 3.59. The van der Waals surface area contributed by atoms with Gasteiger partial charge in [0.25, 0.3) is 0 Å². The van der Waals surface area contributed by atoms with Crippen molar-refractivity contribution in [3.05, 3.63) is 35.4 Å². The largest absolute Gasteiger partial charge is 0.314 e. The van der Waals surface area contributed by atoms with Crippen LogP contribution in [0.1, 0.15) is 43.2 Å². The molecule has 1 aromatic rings. The summed E-state index contributed by atoms with van der Waals surface area (Å²) in [5.74, 6) is 1.01. The van der Waals surface area contributed by atoms with Crippen LogP contribution < -0.4 is 5.32 Å². The second kappa shape index (κ2) is 5.50. The molecule has 108 valence electrons. The fourth-order valence-corrected chi connectivity index (χ4v) is 3.97. The summed E-state index contributed by atoms with van der Waals surface area (Å²) >= 11 is 0. The molecule has 4 rings (SSSR count).